The summed E-state index contributed by atoms with van der Waals surface area (Å²) in [6.45, 7) is 0.878. The van der Waals surface area contributed by atoms with Gasteiger partial charge in [0, 0.05) is 25.0 Å². The van der Waals surface area contributed by atoms with Crippen molar-refractivity contribution in [3.05, 3.63) is 30.1 Å². The second kappa shape index (κ2) is 6.55. The van der Waals surface area contributed by atoms with E-state index in [2.05, 4.69) is 15.6 Å². The molecule has 1 aliphatic rings. The first-order valence-corrected chi connectivity index (χ1v) is 6.69. The van der Waals surface area contributed by atoms with Crippen molar-refractivity contribution < 1.29 is 0 Å². The highest BCUT2D eigenvalue weighted by Crippen LogP contribution is 2.17. The predicted octanol–water partition coefficient (Wildman–Crippen LogP) is 2.03. The van der Waals surface area contributed by atoms with Crippen LogP contribution in [-0.4, -0.2) is 22.7 Å². The third kappa shape index (κ3) is 4.30. The molecule has 92 valence electrons. The summed E-state index contributed by atoms with van der Waals surface area (Å²) in [6.07, 6.45) is 9.80. The van der Waals surface area contributed by atoms with Gasteiger partial charge < -0.3 is 10.6 Å². The smallest absolute Gasteiger partial charge is 0.166 e. The van der Waals surface area contributed by atoms with Crippen molar-refractivity contribution in [3.63, 3.8) is 0 Å². The predicted molar refractivity (Wildman–Crippen MR) is 73.9 cm³/mol. The summed E-state index contributed by atoms with van der Waals surface area (Å²) in [7, 11) is 0. The van der Waals surface area contributed by atoms with Crippen molar-refractivity contribution in [3.8, 4) is 0 Å². The summed E-state index contributed by atoms with van der Waals surface area (Å²) in [5.41, 5.74) is 1.29. The summed E-state index contributed by atoms with van der Waals surface area (Å²) in [4.78, 5) is 4.00. The van der Waals surface area contributed by atoms with E-state index in [0.29, 0.717) is 6.04 Å². The molecule has 0 aromatic carbocycles. The van der Waals surface area contributed by atoms with Gasteiger partial charge in [0.15, 0.2) is 5.11 Å². The van der Waals surface area contributed by atoms with E-state index >= 15 is 0 Å². The van der Waals surface area contributed by atoms with E-state index in [1.807, 2.05) is 24.5 Å². The zero-order valence-electron chi connectivity index (χ0n) is 9.98. The highest BCUT2D eigenvalue weighted by atomic mass is 32.1. The Labute approximate surface area is 108 Å². The van der Waals surface area contributed by atoms with Gasteiger partial charge in [-0.2, -0.15) is 0 Å². The fourth-order valence-electron chi connectivity index (χ4n) is 2.18. The number of hydrogen-bond acceptors (Lipinski definition) is 2. The van der Waals surface area contributed by atoms with Crippen LogP contribution in [0, 0.1) is 0 Å². The van der Waals surface area contributed by atoms with Crippen molar-refractivity contribution >= 4 is 17.3 Å². The van der Waals surface area contributed by atoms with Crippen LogP contribution >= 0.6 is 12.2 Å². The molecule has 0 radical (unpaired) electrons. The van der Waals surface area contributed by atoms with E-state index in [4.69, 9.17) is 12.2 Å². The zero-order chi connectivity index (χ0) is 11.9. The first kappa shape index (κ1) is 12.3. The van der Waals surface area contributed by atoms with E-state index in [-0.39, 0.29) is 0 Å². The van der Waals surface area contributed by atoms with Crippen molar-refractivity contribution in [2.45, 2.75) is 38.1 Å². The number of hydrogen-bond donors (Lipinski definition) is 2. The van der Waals surface area contributed by atoms with E-state index < -0.39 is 0 Å². The number of rotatable bonds is 4. The Morgan fingerprint density at radius 1 is 1.29 bits per heavy atom. The Morgan fingerprint density at radius 2 is 2.00 bits per heavy atom. The monoisotopic (exact) mass is 249 g/mol. The van der Waals surface area contributed by atoms with Crippen LogP contribution in [-0.2, 0) is 6.42 Å². The van der Waals surface area contributed by atoms with Crippen LogP contribution in [0.4, 0.5) is 0 Å². The van der Waals surface area contributed by atoms with Gasteiger partial charge in [-0.3, -0.25) is 4.98 Å². The number of aromatic nitrogens is 1. The lowest BCUT2D eigenvalue weighted by molar-refractivity contribution is 0.621. The number of pyridine rings is 1. The van der Waals surface area contributed by atoms with Crippen LogP contribution in [0.15, 0.2) is 24.5 Å². The summed E-state index contributed by atoms with van der Waals surface area (Å²) < 4.78 is 0. The molecule has 0 unspecified atom stereocenters. The van der Waals surface area contributed by atoms with Crippen LogP contribution in [0.5, 0.6) is 0 Å². The maximum atomic E-state index is 5.27. The van der Waals surface area contributed by atoms with E-state index in [0.717, 1.165) is 18.1 Å². The van der Waals surface area contributed by atoms with Crippen molar-refractivity contribution in [1.82, 2.24) is 15.6 Å². The molecule has 3 nitrogen and oxygen atoms in total. The molecule has 0 saturated heterocycles. The van der Waals surface area contributed by atoms with Gasteiger partial charge in [0.2, 0.25) is 0 Å². The SMILES string of the molecule is S=C(NCCc1ccncc1)NC1CCCC1. The molecule has 1 saturated carbocycles. The number of nitrogens with zero attached hydrogens (tertiary/aromatic N) is 1. The summed E-state index contributed by atoms with van der Waals surface area (Å²) in [5, 5.41) is 7.43. The average Bonchev–Trinajstić information content (AvgIpc) is 2.83. The number of thiocarbonyl (C=S) groups is 1. The Hall–Kier alpha value is -1.16. The highest BCUT2D eigenvalue weighted by molar-refractivity contribution is 7.80. The molecule has 0 atom stereocenters. The lowest BCUT2D eigenvalue weighted by Crippen LogP contribution is -2.41. The molecule has 1 aliphatic carbocycles. The Bertz CT molecular complexity index is 347. The minimum Gasteiger partial charge on any atom is -0.362 e. The summed E-state index contributed by atoms with van der Waals surface area (Å²) in [6, 6.07) is 4.67. The third-order valence-corrected chi connectivity index (χ3v) is 3.40. The fourth-order valence-corrected chi connectivity index (χ4v) is 2.45. The lowest BCUT2D eigenvalue weighted by Gasteiger charge is -2.15. The molecule has 0 amide bonds. The molecule has 2 N–H and O–H groups in total. The van der Waals surface area contributed by atoms with E-state index in [9.17, 15) is 0 Å². The molecule has 4 heteroatoms. The van der Waals surface area contributed by atoms with Crippen LogP contribution in [0.1, 0.15) is 31.2 Å². The van der Waals surface area contributed by atoms with E-state index in [1.165, 1.54) is 31.2 Å². The molecule has 0 aliphatic heterocycles. The molecule has 17 heavy (non-hydrogen) atoms. The van der Waals surface area contributed by atoms with E-state index in [1.54, 1.807) is 0 Å². The second-order valence-corrected chi connectivity index (χ2v) is 4.90. The largest absolute Gasteiger partial charge is 0.362 e. The molecule has 0 spiro atoms. The molecule has 2 rings (SSSR count). The normalized spacial score (nSPS) is 15.8. The molecule has 1 fully saturated rings. The maximum absolute atomic E-state index is 5.27. The topological polar surface area (TPSA) is 37.0 Å². The minimum atomic E-state index is 0.593. The zero-order valence-corrected chi connectivity index (χ0v) is 10.8. The summed E-state index contributed by atoms with van der Waals surface area (Å²) in [5.74, 6) is 0. The Kier molecular flexibility index (Phi) is 4.74. The minimum absolute atomic E-state index is 0.593. The van der Waals surface area contributed by atoms with Crippen molar-refractivity contribution in [1.29, 1.82) is 0 Å². The quantitative estimate of drug-likeness (QED) is 0.801. The van der Waals surface area contributed by atoms with Gasteiger partial charge in [0.25, 0.3) is 0 Å². The van der Waals surface area contributed by atoms with Gasteiger partial charge in [0.1, 0.15) is 0 Å². The van der Waals surface area contributed by atoms with Crippen molar-refractivity contribution in [2.75, 3.05) is 6.54 Å². The third-order valence-electron chi connectivity index (χ3n) is 3.14. The molecule has 1 aromatic rings. The first-order chi connectivity index (χ1) is 8.34. The first-order valence-electron chi connectivity index (χ1n) is 6.28. The van der Waals surface area contributed by atoms with Crippen LogP contribution in [0.2, 0.25) is 0 Å². The molecule has 1 aromatic heterocycles. The van der Waals surface area contributed by atoms with Gasteiger partial charge >= 0.3 is 0 Å². The van der Waals surface area contributed by atoms with Gasteiger partial charge in [0.05, 0.1) is 0 Å². The molecular formula is C13H19N3S. The van der Waals surface area contributed by atoms with Crippen LogP contribution in [0.25, 0.3) is 0 Å². The molecular weight excluding hydrogens is 230 g/mol. The lowest BCUT2D eigenvalue weighted by atomic mass is 10.2. The van der Waals surface area contributed by atoms with Crippen LogP contribution < -0.4 is 10.6 Å². The van der Waals surface area contributed by atoms with Gasteiger partial charge in [-0.1, -0.05) is 12.8 Å². The van der Waals surface area contributed by atoms with Crippen molar-refractivity contribution in [2.24, 2.45) is 0 Å². The Morgan fingerprint density at radius 3 is 2.71 bits per heavy atom. The molecule has 1 heterocycles. The van der Waals surface area contributed by atoms with Crippen LogP contribution in [0.3, 0.4) is 0 Å². The number of nitrogens with one attached hydrogen (secondary N) is 2. The molecule has 0 bridgehead atoms. The Balaban J connectivity index is 1.63. The fraction of sp³-hybridized carbons (Fsp3) is 0.538. The summed E-state index contributed by atoms with van der Waals surface area (Å²) >= 11 is 5.27. The van der Waals surface area contributed by atoms with Gasteiger partial charge in [-0.05, 0) is 49.2 Å². The van der Waals surface area contributed by atoms with Gasteiger partial charge in [-0.15, -0.1) is 0 Å². The standard InChI is InChI=1S/C13H19N3S/c17-13(16-12-3-1-2-4-12)15-10-7-11-5-8-14-9-6-11/h5-6,8-9,12H,1-4,7,10H2,(H2,15,16,17). The maximum Gasteiger partial charge on any atom is 0.166 e. The second-order valence-electron chi connectivity index (χ2n) is 4.49. The van der Waals surface area contributed by atoms with Gasteiger partial charge in [-0.25, -0.2) is 0 Å². The highest BCUT2D eigenvalue weighted by Gasteiger charge is 2.14. The average molecular weight is 249 g/mol.